The number of aryl methyl sites for hydroxylation is 1. The predicted molar refractivity (Wildman–Crippen MR) is 85.4 cm³/mol. The van der Waals surface area contributed by atoms with Crippen molar-refractivity contribution in [2.24, 2.45) is 10.9 Å². The minimum absolute atomic E-state index is 0.512. The Bertz CT molecular complexity index is 406. The summed E-state index contributed by atoms with van der Waals surface area (Å²) in [6.07, 6.45) is 1.98. The molecule has 0 aromatic heterocycles. The number of hydrogen-bond donors (Lipinski definition) is 0. The van der Waals surface area contributed by atoms with Gasteiger partial charge in [0.25, 0.3) is 0 Å². The molecule has 104 valence electrons. The molecule has 19 heavy (non-hydrogen) atoms. The molecule has 0 radical (unpaired) electrons. The van der Waals surface area contributed by atoms with Gasteiger partial charge in [0.1, 0.15) is 0 Å². The minimum atomic E-state index is 0.512. The molecule has 1 aromatic rings. The Morgan fingerprint density at radius 3 is 1.95 bits per heavy atom. The van der Waals surface area contributed by atoms with Gasteiger partial charge in [0.05, 0.1) is 11.6 Å². The largest absolute Gasteiger partial charge is 0.269 e. The predicted octanol–water partition coefficient (Wildman–Crippen LogP) is 5.14. The van der Waals surface area contributed by atoms with Gasteiger partial charge in [0, 0.05) is 5.70 Å². The second-order valence-electron chi connectivity index (χ2n) is 4.00. The van der Waals surface area contributed by atoms with Crippen LogP contribution in [0.25, 0.3) is 0 Å². The molecular weight excluding hydrogens is 232 g/mol. The highest BCUT2D eigenvalue weighted by molar-refractivity contribution is 5.30. The molecule has 0 aliphatic rings. The number of hydrogen-bond acceptors (Lipinski definition) is 2. The fourth-order valence-electron chi connectivity index (χ4n) is 1.24. The number of aliphatic imine (C=N–C) groups is 1. The quantitative estimate of drug-likeness (QED) is 0.676. The summed E-state index contributed by atoms with van der Waals surface area (Å²) >= 11 is 0. The summed E-state index contributed by atoms with van der Waals surface area (Å²) in [5.41, 5.74) is 2.99. The summed E-state index contributed by atoms with van der Waals surface area (Å²) in [5, 5.41) is 8.38. The van der Waals surface area contributed by atoms with Gasteiger partial charge in [-0.15, -0.1) is 0 Å². The van der Waals surface area contributed by atoms with Gasteiger partial charge in [0.15, 0.2) is 0 Å². The SMILES string of the molecule is C=N/C(=C\C)C(C)C.CC.Cc1ccc(C#N)cc1. The fourth-order valence-corrected chi connectivity index (χ4v) is 1.24. The number of nitrogens with zero attached hydrogens (tertiary/aromatic N) is 2. The lowest BCUT2D eigenvalue weighted by Gasteiger charge is -2.01. The molecule has 0 saturated carbocycles. The topological polar surface area (TPSA) is 36.1 Å². The van der Waals surface area contributed by atoms with E-state index in [0.29, 0.717) is 5.92 Å². The number of allylic oxidation sites excluding steroid dienone is 2. The van der Waals surface area contributed by atoms with E-state index in [-0.39, 0.29) is 0 Å². The molecule has 0 spiro atoms. The van der Waals surface area contributed by atoms with E-state index < -0.39 is 0 Å². The summed E-state index contributed by atoms with van der Waals surface area (Å²) in [5.74, 6) is 0.512. The second-order valence-corrected chi connectivity index (χ2v) is 4.00. The Morgan fingerprint density at radius 1 is 1.26 bits per heavy atom. The molecule has 0 bridgehead atoms. The van der Waals surface area contributed by atoms with Crippen LogP contribution in [-0.4, -0.2) is 6.72 Å². The normalized spacial score (nSPS) is 9.47. The van der Waals surface area contributed by atoms with Crippen LogP contribution < -0.4 is 0 Å². The third-order valence-electron chi connectivity index (χ3n) is 2.25. The van der Waals surface area contributed by atoms with Crippen molar-refractivity contribution < 1.29 is 0 Å². The first-order valence-electron chi connectivity index (χ1n) is 6.64. The van der Waals surface area contributed by atoms with Crippen LogP contribution in [0.3, 0.4) is 0 Å². The summed E-state index contributed by atoms with van der Waals surface area (Å²) in [6, 6.07) is 9.54. The Morgan fingerprint density at radius 2 is 1.74 bits per heavy atom. The molecule has 0 unspecified atom stereocenters. The van der Waals surface area contributed by atoms with Crippen molar-refractivity contribution in [1.82, 2.24) is 0 Å². The zero-order chi connectivity index (χ0) is 15.3. The van der Waals surface area contributed by atoms with Crippen LogP contribution in [0.5, 0.6) is 0 Å². The maximum absolute atomic E-state index is 8.38. The smallest absolute Gasteiger partial charge is 0.0991 e. The second kappa shape index (κ2) is 12.6. The number of benzene rings is 1. The van der Waals surface area contributed by atoms with Gasteiger partial charge in [-0.2, -0.15) is 5.26 Å². The Balaban J connectivity index is 0. The number of nitriles is 1. The zero-order valence-electron chi connectivity index (χ0n) is 13.1. The van der Waals surface area contributed by atoms with Gasteiger partial charge in [-0.1, -0.05) is 51.5 Å². The average molecular weight is 258 g/mol. The van der Waals surface area contributed by atoms with Crippen molar-refractivity contribution in [3.63, 3.8) is 0 Å². The lowest BCUT2D eigenvalue weighted by Crippen LogP contribution is -1.87. The van der Waals surface area contributed by atoms with Crippen molar-refractivity contribution in [2.45, 2.75) is 41.5 Å². The van der Waals surface area contributed by atoms with Crippen molar-refractivity contribution >= 4 is 6.72 Å². The molecule has 1 rings (SSSR count). The fraction of sp³-hybridized carbons (Fsp3) is 0.412. The molecule has 0 amide bonds. The van der Waals surface area contributed by atoms with Gasteiger partial charge in [0.2, 0.25) is 0 Å². The molecule has 2 nitrogen and oxygen atoms in total. The van der Waals surface area contributed by atoms with Gasteiger partial charge in [-0.25, -0.2) is 0 Å². The van der Waals surface area contributed by atoms with Gasteiger partial charge in [-0.05, 0) is 38.6 Å². The van der Waals surface area contributed by atoms with Gasteiger partial charge < -0.3 is 0 Å². The molecule has 0 aliphatic carbocycles. The van der Waals surface area contributed by atoms with Gasteiger partial charge in [-0.3, -0.25) is 4.99 Å². The Labute approximate surface area is 118 Å². The molecule has 2 heteroatoms. The lowest BCUT2D eigenvalue weighted by atomic mass is 10.1. The summed E-state index contributed by atoms with van der Waals surface area (Å²) in [4.78, 5) is 3.82. The Kier molecular flexibility index (Phi) is 12.9. The highest BCUT2D eigenvalue weighted by Crippen LogP contribution is 2.08. The molecule has 0 saturated heterocycles. The number of rotatable bonds is 2. The van der Waals surface area contributed by atoms with Crippen LogP contribution in [-0.2, 0) is 0 Å². The maximum atomic E-state index is 8.38. The molecular formula is C17H26N2. The first-order chi connectivity index (χ1) is 9.04. The highest BCUT2D eigenvalue weighted by atomic mass is 14.7. The molecule has 0 fully saturated rings. The van der Waals surface area contributed by atoms with E-state index in [0.717, 1.165) is 11.3 Å². The molecule has 1 aromatic carbocycles. The summed E-state index contributed by atoms with van der Waals surface area (Å²) in [7, 11) is 0. The van der Waals surface area contributed by atoms with E-state index in [1.54, 1.807) is 0 Å². The average Bonchev–Trinajstić information content (AvgIpc) is 2.43. The van der Waals surface area contributed by atoms with E-state index >= 15 is 0 Å². The van der Waals surface area contributed by atoms with Crippen molar-refractivity contribution in [1.29, 1.82) is 5.26 Å². The summed E-state index contributed by atoms with van der Waals surface area (Å²) < 4.78 is 0. The molecule has 0 N–H and O–H groups in total. The van der Waals surface area contributed by atoms with Crippen molar-refractivity contribution in [2.75, 3.05) is 0 Å². The first-order valence-corrected chi connectivity index (χ1v) is 6.64. The van der Waals surface area contributed by atoms with Crippen LogP contribution >= 0.6 is 0 Å². The van der Waals surface area contributed by atoms with Crippen LogP contribution in [0.2, 0.25) is 0 Å². The standard InChI is InChI=1S/C8H7N.C7H13N.C2H6/c1-7-2-4-8(6-9)5-3-7;1-5-7(8-4)6(2)3;1-2/h2-5H,1H3;5-6H,4H2,1-3H3;1-2H3/b;7-5-;. The third kappa shape index (κ3) is 9.79. The molecule has 0 heterocycles. The third-order valence-corrected chi connectivity index (χ3v) is 2.25. The first kappa shape index (κ1) is 19.5. The van der Waals surface area contributed by atoms with E-state index in [1.807, 2.05) is 58.0 Å². The molecule has 0 aliphatic heterocycles. The lowest BCUT2D eigenvalue weighted by molar-refractivity contribution is 0.758. The highest BCUT2D eigenvalue weighted by Gasteiger charge is 1.94. The summed E-state index contributed by atoms with van der Waals surface area (Å²) in [6.45, 7) is 15.6. The van der Waals surface area contributed by atoms with Crippen LogP contribution in [0.1, 0.15) is 45.7 Å². The van der Waals surface area contributed by atoms with Crippen molar-refractivity contribution in [3.05, 3.63) is 47.2 Å². The monoisotopic (exact) mass is 258 g/mol. The molecule has 0 atom stereocenters. The van der Waals surface area contributed by atoms with Crippen molar-refractivity contribution in [3.8, 4) is 6.07 Å². The van der Waals surface area contributed by atoms with Crippen LogP contribution in [0.4, 0.5) is 0 Å². The van der Waals surface area contributed by atoms with Crippen LogP contribution in [0, 0.1) is 24.2 Å². The minimum Gasteiger partial charge on any atom is -0.269 e. The maximum Gasteiger partial charge on any atom is 0.0991 e. The van der Waals surface area contributed by atoms with Gasteiger partial charge >= 0.3 is 0 Å². The van der Waals surface area contributed by atoms with E-state index in [4.69, 9.17) is 5.26 Å². The van der Waals surface area contributed by atoms with Crippen LogP contribution in [0.15, 0.2) is 41.0 Å². The van der Waals surface area contributed by atoms with E-state index in [2.05, 4.69) is 31.6 Å². The Hall–Kier alpha value is -1.88. The zero-order valence-corrected chi connectivity index (χ0v) is 13.1. The van der Waals surface area contributed by atoms with E-state index in [9.17, 15) is 0 Å². The van der Waals surface area contributed by atoms with E-state index in [1.165, 1.54) is 5.56 Å².